The normalized spacial score (nSPS) is 11.6. The second-order valence-electron chi connectivity index (χ2n) is 11.5. The number of rotatable bonds is 30. The minimum absolute atomic E-state index is 0.339. The fourth-order valence-corrected chi connectivity index (χ4v) is 4.91. The second-order valence-corrected chi connectivity index (χ2v) is 11.5. The highest BCUT2D eigenvalue weighted by atomic mass is 16.6. The van der Waals surface area contributed by atoms with Gasteiger partial charge in [-0.25, -0.2) is 0 Å². The number of esters is 2. The molecule has 0 N–H and O–H groups in total. The van der Waals surface area contributed by atoms with Crippen LogP contribution >= 0.6 is 0 Å². The number of allylic oxidation sites excluding steroid dienone is 4. The van der Waals surface area contributed by atoms with Crippen molar-refractivity contribution in [1.29, 1.82) is 0 Å². The Balaban J connectivity index is 3.36. The Kier molecular flexibility index (Phi) is 31.7. The molecule has 0 aliphatic rings. The van der Waals surface area contributed by atoms with Gasteiger partial charge in [0.15, 0.2) is 0 Å². The summed E-state index contributed by atoms with van der Waals surface area (Å²) in [5, 5.41) is 0. The summed E-state index contributed by atoms with van der Waals surface area (Å²) in [6, 6.07) is 0. The van der Waals surface area contributed by atoms with Gasteiger partial charge in [0.1, 0.15) is 0 Å². The van der Waals surface area contributed by atoms with Crippen LogP contribution in [0.4, 0.5) is 0 Å². The van der Waals surface area contributed by atoms with Crippen LogP contribution in [0.3, 0.4) is 0 Å². The van der Waals surface area contributed by atoms with E-state index in [2.05, 4.69) is 38.2 Å². The maximum atomic E-state index is 11.9. The van der Waals surface area contributed by atoms with Gasteiger partial charge >= 0.3 is 11.9 Å². The number of hydrogen-bond acceptors (Lipinski definition) is 3. The Hall–Kier alpha value is -1.38. The van der Waals surface area contributed by atoms with E-state index < -0.39 is 0 Å². The summed E-state index contributed by atoms with van der Waals surface area (Å²) in [5.74, 6) is -0.679. The van der Waals surface area contributed by atoms with Crippen LogP contribution in [0.2, 0.25) is 0 Å². The van der Waals surface area contributed by atoms with E-state index in [1.165, 1.54) is 135 Å². The lowest BCUT2D eigenvalue weighted by Gasteiger charge is -2.04. The van der Waals surface area contributed by atoms with E-state index >= 15 is 0 Å². The van der Waals surface area contributed by atoms with Gasteiger partial charge in [0.25, 0.3) is 0 Å². The fraction of sp³-hybridized carbons (Fsp3) is 0.833. The zero-order chi connectivity index (χ0) is 28.5. The second kappa shape index (κ2) is 32.8. The molecule has 0 aromatic heterocycles. The van der Waals surface area contributed by atoms with E-state index in [1.807, 2.05) is 0 Å². The predicted octanol–water partition coefficient (Wildman–Crippen LogP) is 12.1. The summed E-state index contributed by atoms with van der Waals surface area (Å²) in [7, 11) is 0. The summed E-state index contributed by atoms with van der Waals surface area (Å²) in [5.41, 5.74) is 0. The monoisotopic (exact) mass is 547 g/mol. The molecule has 0 radical (unpaired) electrons. The van der Waals surface area contributed by atoms with Gasteiger partial charge in [0, 0.05) is 12.8 Å². The molecule has 0 saturated heterocycles. The molecule has 3 heteroatoms. The highest BCUT2D eigenvalue weighted by Crippen LogP contribution is 2.13. The summed E-state index contributed by atoms with van der Waals surface area (Å²) in [6.07, 6.45) is 42.2. The van der Waals surface area contributed by atoms with Gasteiger partial charge in [-0.1, -0.05) is 141 Å². The summed E-state index contributed by atoms with van der Waals surface area (Å²) in [4.78, 5) is 23.8. The number of carbonyl (C=O) groups excluding carboxylic acids is 2. The molecule has 0 aliphatic heterocycles. The Morgan fingerprint density at radius 3 is 0.974 bits per heavy atom. The first-order chi connectivity index (χ1) is 19.2. The van der Waals surface area contributed by atoms with Gasteiger partial charge in [-0.05, 0) is 64.2 Å². The van der Waals surface area contributed by atoms with Crippen molar-refractivity contribution in [3.63, 3.8) is 0 Å². The van der Waals surface area contributed by atoms with E-state index in [0.717, 1.165) is 32.1 Å². The standard InChI is InChI=1S/C36H66O3/c1-3-5-7-9-11-13-15-17-19-21-23-25-27-29-31-33-35(37)39-36(38)34-32-30-28-26-24-22-20-18-16-14-12-10-8-6-4-2/h13,15,18,20H,3-12,14,16-17,19,21-34H2,1-2H3/b15-13+,20-18-. The van der Waals surface area contributed by atoms with Gasteiger partial charge in [-0.15, -0.1) is 0 Å². The van der Waals surface area contributed by atoms with E-state index in [0.29, 0.717) is 12.8 Å². The molecule has 228 valence electrons. The van der Waals surface area contributed by atoms with Gasteiger partial charge < -0.3 is 4.74 Å². The molecular weight excluding hydrogens is 480 g/mol. The first kappa shape index (κ1) is 37.6. The largest absolute Gasteiger partial charge is 0.393 e. The lowest BCUT2D eigenvalue weighted by molar-refractivity contribution is -0.159. The molecule has 0 aliphatic carbocycles. The molecule has 0 atom stereocenters. The molecule has 0 rings (SSSR count). The van der Waals surface area contributed by atoms with Crippen molar-refractivity contribution in [2.75, 3.05) is 0 Å². The van der Waals surface area contributed by atoms with Gasteiger partial charge in [-0.3, -0.25) is 9.59 Å². The number of carbonyl (C=O) groups is 2. The molecule has 3 nitrogen and oxygen atoms in total. The zero-order valence-corrected chi connectivity index (χ0v) is 26.3. The SMILES string of the molecule is CCCCCC/C=C/CCCCCCCCCC(=O)OC(=O)CCCCCCC/C=C\CCCCCCCC. The van der Waals surface area contributed by atoms with Gasteiger partial charge in [0.05, 0.1) is 0 Å². The van der Waals surface area contributed by atoms with E-state index in [-0.39, 0.29) is 11.9 Å². The Bertz CT molecular complexity index is 578. The number of unbranched alkanes of at least 4 members (excludes halogenated alkanes) is 22. The van der Waals surface area contributed by atoms with Crippen molar-refractivity contribution in [3.05, 3.63) is 24.3 Å². The van der Waals surface area contributed by atoms with Crippen LogP contribution in [0.15, 0.2) is 24.3 Å². The lowest BCUT2D eigenvalue weighted by atomic mass is 10.1. The molecule has 0 saturated carbocycles. The van der Waals surface area contributed by atoms with Crippen molar-refractivity contribution < 1.29 is 14.3 Å². The zero-order valence-electron chi connectivity index (χ0n) is 26.3. The van der Waals surface area contributed by atoms with Crippen LogP contribution in [-0.2, 0) is 14.3 Å². The summed E-state index contributed by atoms with van der Waals surface area (Å²) >= 11 is 0. The average Bonchev–Trinajstić information content (AvgIpc) is 2.93. The molecule has 0 amide bonds. The first-order valence-electron chi connectivity index (χ1n) is 17.2. The molecule has 0 spiro atoms. The highest BCUT2D eigenvalue weighted by Gasteiger charge is 2.09. The fourth-order valence-electron chi connectivity index (χ4n) is 4.91. The molecule has 0 heterocycles. The topological polar surface area (TPSA) is 43.4 Å². The van der Waals surface area contributed by atoms with E-state index in [4.69, 9.17) is 4.74 Å². The molecule has 0 fully saturated rings. The van der Waals surface area contributed by atoms with Crippen molar-refractivity contribution in [3.8, 4) is 0 Å². The van der Waals surface area contributed by atoms with Gasteiger partial charge in [0.2, 0.25) is 0 Å². The average molecular weight is 547 g/mol. The van der Waals surface area contributed by atoms with E-state index in [1.54, 1.807) is 0 Å². The maximum Gasteiger partial charge on any atom is 0.313 e. The predicted molar refractivity (Wildman–Crippen MR) is 170 cm³/mol. The smallest absolute Gasteiger partial charge is 0.313 e. The van der Waals surface area contributed by atoms with Crippen molar-refractivity contribution in [1.82, 2.24) is 0 Å². The number of ether oxygens (including phenoxy) is 1. The van der Waals surface area contributed by atoms with Crippen LogP contribution in [0.25, 0.3) is 0 Å². The number of hydrogen-bond donors (Lipinski definition) is 0. The minimum atomic E-state index is -0.340. The quantitative estimate of drug-likeness (QED) is 0.0389. The summed E-state index contributed by atoms with van der Waals surface area (Å²) < 4.78 is 5.00. The maximum absolute atomic E-state index is 11.9. The van der Waals surface area contributed by atoms with E-state index in [9.17, 15) is 9.59 Å². The Morgan fingerprint density at radius 1 is 0.385 bits per heavy atom. The van der Waals surface area contributed by atoms with Crippen molar-refractivity contribution >= 4 is 11.9 Å². The van der Waals surface area contributed by atoms with Crippen LogP contribution in [0.5, 0.6) is 0 Å². The molecular formula is C36H66O3. The van der Waals surface area contributed by atoms with Crippen LogP contribution in [0.1, 0.15) is 194 Å². The summed E-state index contributed by atoms with van der Waals surface area (Å²) in [6.45, 7) is 4.52. The molecule has 0 unspecified atom stereocenters. The molecule has 0 aromatic carbocycles. The van der Waals surface area contributed by atoms with Crippen LogP contribution in [-0.4, -0.2) is 11.9 Å². The van der Waals surface area contributed by atoms with Crippen molar-refractivity contribution in [2.24, 2.45) is 0 Å². The van der Waals surface area contributed by atoms with Crippen LogP contribution < -0.4 is 0 Å². The third-order valence-corrected chi connectivity index (χ3v) is 7.51. The Labute approximate surface area is 244 Å². The highest BCUT2D eigenvalue weighted by molar-refractivity contribution is 5.85. The van der Waals surface area contributed by atoms with Gasteiger partial charge in [-0.2, -0.15) is 0 Å². The van der Waals surface area contributed by atoms with Crippen LogP contribution in [0, 0.1) is 0 Å². The lowest BCUT2D eigenvalue weighted by Crippen LogP contribution is -2.11. The molecule has 0 aromatic rings. The van der Waals surface area contributed by atoms with Crippen molar-refractivity contribution in [2.45, 2.75) is 194 Å². The first-order valence-corrected chi connectivity index (χ1v) is 17.2. The third kappa shape index (κ3) is 32.7. The minimum Gasteiger partial charge on any atom is -0.393 e. The third-order valence-electron chi connectivity index (χ3n) is 7.51. The Morgan fingerprint density at radius 2 is 0.641 bits per heavy atom. The molecule has 39 heavy (non-hydrogen) atoms. The molecule has 0 bridgehead atoms.